The minimum atomic E-state index is -0.369. The molecule has 3 N–H and O–H groups in total. The Morgan fingerprint density at radius 2 is 1.83 bits per heavy atom. The standard InChI is InChI=1S/C14H14N2O2/c1-18-13-9-11(10-5-3-2-4-6-10)7-8-12(13)14(17)16-15/h2-9H,15H2,1H3,(H,16,17). The van der Waals surface area contributed by atoms with Gasteiger partial charge in [-0.15, -0.1) is 0 Å². The van der Waals surface area contributed by atoms with Crippen LogP contribution in [0, 0.1) is 0 Å². The molecule has 0 aliphatic rings. The SMILES string of the molecule is COc1cc(-c2ccccc2)ccc1C(=O)NN. The molecule has 0 radical (unpaired) electrons. The third kappa shape index (κ3) is 2.33. The first kappa shape index (κ1) is 12.1. The Morgan fingerprint density at radius 3 is 2.44 bits per heavy atom. The van der Waals surface area contributed by atoms with Crippen molar-refractivity contribution in [3.05, 3.63) is 54.1 Å². The van der Waals surface area contributed by atoms with Gasteiger partial charge in [-0.25, -0.2) is 5.84 Å². The van der Waals surface area contributed by atoms with Crippen molar-refractivity contribution >= 4 is 5.91 Å². The third-order valence-corrected chi connectivity index (χ3v) is 2.68. The van der Waals surface area contributed by atoms with Crippen molar-refractivity contribution in [3.63, 3.8) is 0 Å². The largest absolute Gasteiger partial charge is 0.496 e. The number of nitrogens with one attached hydrogen (secondary N) is 1. The smallest absolute Gasteiger partial charge is 0.268 e. The summed E-state index contributed by atoms with van der Waals surface area (Å²) in [6, 6.07) is 15.3. The Balaban J connectivity index is 2.45. The van der Waals surface area contributed by atoms with Crippen molar-refractivity contribution in [1.29, 1.82) is 0 Å². The molecule has 2 aromatic rings. The van der Waals surface area contributed by atoms with Crippen LogP contribution in [0.4, 0.5) is 0 Å². The van der Waals surface area contributed by atoms with E-state index in [2.05, 4.69) is 5.43 Å². The maximum atomic E-state index is 11.5. The zero-order valence-electron chi connectivity index (χ0n) is 10.0. The van der Waals surface area contributed by atoms with Crippen LogP contribution in [0.2, 0.25) is 0 Å². The molecule has 1 amide bonds. The summed E-state index contributed by atoms with van der Waals surface area (Å²) in [5.41, 5.74) is 4.56. The number of nitrogen functional groups attached to an aromatic ring is 1. The van der Waals surface area contributed by atoms with Crippen LogP contribution in [0.3, 0.4) is 0 Å². The quantitative estimate of drug-likeness (QED) is 0.491. The molecule has 0 atom stereocenters. The zero-order chi connectivity index (χ0) is 13.0. The van der Waals surface area contributed by atoms with Crippen molar-refractivity contribution in [2.45, 2.75) is 0 Å². The van der Waals surface area contributed by atoms with Crippen molar-refractivity contribution in [2.75, 3.05) is 7.11 Å². The molecule has 0 spiro atoms. The summed E-state index contributed by atoms with van der Waals surface area (Å²) < 4.78 is 5.21. The predicted octanol–water partition coefficient (Wildman–Crippen LogP) is 1.97. The normalized spacial score (nSPS) is 9.89. The van der Waals surface area contributed by atoms with E-state index in [9.17, 15) is 4.79 Å². The van der Waals surface area contributed by atoms with E-state index in [-0.39, 0.29) is 5.91 Å². The molecule has 18 heavy (non-hydrogen) atoms. The van der Waals surface area contributed by atoms with Crippen LogP contribution in [0.15, 0.2) is 48.5 Å². The van der Waals surface area contributed by atoms with Gasteiger partial charge in [-0.2, -0.15) is 0 Å². The van der Waals surface area contributed by atoms with Crippen molar-refractivity contribution < 1.29 is 9.53 Å². The van der Waals surface area contributed by atoms with Crippen LogP contribution in [-0.4, -0.2) is 13.0 Å². The Labute approximate surface area is 105 Å². The Bertz CT molecular complexity index is 553. The minimum Gasteiger partial charge on any atom is -0.496 e. The molecule has 4 nitrogen and oxygen atoms in total. The molecule has 0 fully saturated rings. The van der Waals surface area contributed by atoms with Gasteiger partial charge in [-0.05, 0) is 23.3 Å². The lowest BCUT2D eigenvalue weighted by molar-refractivity contribution is 0.0950. The molecule has 2 rings (SSSR count). The van der Waals surface area contributed by atoms with E-state index in [1.807, 2.05) is 42.5 Å². The molecule has 0 aromatic heterocycles. The highest BCUT2D eigenvalue weighted by atomic mass is 16.5. The average Bonchev–Trinajstić information content (AvgIpc) is 2.46. The van der Waals surface area contributed by atoms with Gasteiger partial charge in [0.05, 0.1) is 12.7 Å². The Morgan fingerprint density at radius 1 is 1.11 bits per heavy atom. The molecule has 2 aromatic carbocycles. The van der Waals surface area contributed by atoms with E-state index in [0.717, 1.165) is 11.1 Å². The second-order valence-electron chi connectivity index (χ2n) is 3.75. The fraction of sp³-hybridized carbons (Fsp3) is 0.0714. The maximum absolute atomic E-state index is 11.5. The number of rotatable bonds is 3. The summed E-state index contributed by atoms with van der Waals surface area (Å²) in [7, 11) is 1.53. The second kappa shape index (κ2) is 5.33. The lowest BCUT2D eigenvalue weighted by Crippen LogP contribution is -2.30. The number of hydrogen-bond donors (Lipinski definition) is 2. The molecular weight excluding hydrogens is 228 g/mol. The van der Waals surface area contributed by atoms with E-state index < -0.39 is 0 Å². The van der Waals surface area contributed by atoms with Gasteiger partial charge in [0.2, 0.25) is 0 Å². The topological polar surface area (TPSA) is 64.3 Å². The number of hydrazine groups is 1. The monoisotopic (exact) mass is 242 g/mol. The number of methoxy groups -OCH3 is 1. The number of carbonyl (C=O) groups is 1. The van der Waals surface area contributed by atoms with E-state index in [0.29, 0.717) is 11.3 Å². The molecule has 0 aliphatic heterocycles. The van der Waals surface area contributed by atoms with Crippen molar-refractivity contribution in [1.82, 2.24) is 5.43 Å². The Kier molecular flexibility index (Phi) is 3.60. The van der Waals surface area contributed by atoms with Crippen LogP contribution in [-0.2, 0) is 0 Å². The molecule has 4 heteroatoms. The van der Waals surface area contributed by atoms with Gasteiger partial charge in [0, 0.05) is 0 Å². The summed E-state index contributed by atoms with van der Waals surface area (Å²) in [4.78, 5) is 11.5. The van der Waals surface area contributed by atoms with Crippen LogP contribution in [0.5, 0.6) is 5.75 Å². The molecule has 0 aliphatic carbocycles. The Hall–Kier alpha value is -2.33. The molecule has 0 saturated carbocycles. The highest BCUT2D eigenvalue weighted by molar-refractivity contribution is 5.97. The predicted molar refractivity (Wildman–Crippen MR) is 70.1 cm³/mol. The lowest BCUT2D eigenvalue weighted by atomic mass is 10.0. The lowest BCUT2D eigenvalue weighted by Gasteiger charge is -2.09. The van der Waals surface area contributed by atoms with Crippen molar-refractivity contribution in [3.8, 4) is 16.9 Å². The maximum Gasteiger partial charge on any atom is 0.268 e. The van der Waals surface area contributed by atoms with Crippen LogP contribution in [0.1, 0.15) is 10.4 Å². The molecule has 0 heterocycles. The summed E-state index contributed by atoms with van der Waals surface area (Å²) in [5.74, 6) is 5.25. The van der Waals surface area contributed by atoms with E-state index >= 15 is 0 Å². The van der Waals surface area contributed by atoms with Gasteiger partial charge < -0.3 is 4.74 Å². The molecule has 0 bridgehead atoms. The van der Waals surface area contributed by atoms with Gasteiger partial charge >= 0.3 is 0 Å². The van der Waals surface area contributed by atoms with E-state index in [1.54, 1.807) is 6.07 Å². The fourth-order valence-corrected chi connectivity index (χ4v) is 1.77. The average molecular weight is 242 g/mol. The number of hydrogen-bond acceptors (Lipinski definition) is 3. The minimum absolute atomic E-state index is 0.369. The van der Waals surface area contributed by atoms with Crippen LogP contribution < -0.4 is 16.0 Å². The highest BCUT2D eigenvalue weighted by Crippen LogP contribution is 2.27. The van der Waals surface area contributed by atoms with Gasteiger partial charge in [0.15, 0.2) is 0 Å². The number of benzene rings is 2. The van der Waals surface area contributed by atoms with Gasteiger partial charge in [0.1, 0.15) is 5.75 Å². The summed E-state index contributed by atoms with van der Waals surface area (Å²) in [6.07, 6.45) is 0. The van der Waals surface area contributed by atoms with Gasteiger partial charge in [-0.1, -0.05) is 36.4 Å². The molecule has 0 unspecified atom stereocenters. The van der Waals surface area contributed by atoms with E-state index in [4.69, 9.17) is 10.6 Å². The summed E-state index contributed by atoms with van der Waals surface area (Å²) in [5, 5.41) is 0. The van der Waals surface area contributed by atoms with Gasteiger partial charge in [0.25, 0.3) is 5.91 Å². The number of amides is 1. The summed E-state index contributed by atoms with van der Waals surface area (Å²) >= 11 is 0. The summed E-state index contributed by atoms with van der Waals surface area (Å²) in [6.45, 7) is 0. The van der Waals surface area contributed by atoms with Crippen molar-refractivity contribution in [2.24, 2.45) is 5.84 Å². The first-order chi connectivity index (χ1) is 8.76. The molecule has 92 valence electrons. The number of ether oxygens (including phenoxy) is 1. The third-order valence-electron chi connectivity index (χ3n) is 2.68. The first-order valence-corrected chi connectivity index (χ1v) is 5.50. The van der Waals surface area contributed by atoms with E-state index in [1.165, 1.54) is 7.11 Å². The van der Waals surface area contributed by atoms with Gasteiger partial charge in [-0.3, -0.25) is 10.2 Å². The highest BCUT2D eigenvalue weighted by Gasteiger charge is 2.11. The second-order valence-corrected chi connectivity index (χ2v) is 3.75. The number of carbonyl (C=O) groups excluding carboxylic acids is 1. The zero-order valence-corrected chi connectivity index (χ0v) is 10.0. The first-order valence-electron chi connectivity index (χ1n) is 5.50. The molecule has 0 saturated heterocycles. The van der Waals surface area contributed by atoms with Crippen LogP contribution >= 0.6 is 0 Å². The molecular formula is C14H14N2O2. The van der Waals surface area contributed by atoms with Crippen LogP contribution in [0.25, 0.3) is 11.1 Å². The fourth-order valence-electron chi connectivity index (χ4n) is 1.77. The number of nitrogens with two attached hydrogens (primary N) is 1.